The van der Waals surface area contributed by atoms with E-state index in [9.17, 15) is 30.3 Å². The van der Waals surface area contributed by atoms with Crippen LogP contribution in [0.2, 0.25) is 0 Å². The van der Waals surface area contributed by atoms with E-state index in [2.05, 4.69) is 0 Å². The fraction of sp³-hybridized carbons (Fsp3) is 0.429. The molecule has 2 aromatic carbocycles. The van der Waals surface area contributed by atoms with Crippen LogP contribution in [-0.4, -0.2) is 21.9 Å². The third-order valence-corrected chi connectivity index (χ3v) is 6.38. The van der Waals surface area contributed by atoms with Gasteiger partial charge in [0.05, 0.1) is 7.11 Å². The van der Waals surface area contributed by atoms with Gasteiger partial charge in [-0.05, 0) is 41.0 Å². The number of rotatable bonds is 8. The summed E-state index contributed by atoms with van der Waals surface area (Å²) in [6, 6.07) is 11.9. The van der Waals surface area contributed by atoms with Gasteiger partial charge in [-0.3, -0.25) is 30.3 Å². The molecule has 0 unspecified atom stereocenters. The van der Waals surface area contributed by atoms with Gasteiger partial charge in [0.25, 0.3) is 0 Å². The largest absolute Gasteiger partial charge is 0.732 e. The second-order valence-electron chi connectivity index (χ2n) is 8.44. The molecular weight excluding hydrogens is 406 g/mol. The Balaban J connectivity index is 2.80. The first-order valence-electron chi connectivity index (χ1n) is 9.44. The Kier molecular flexibility index (Phi) is 6.07. The van der Waals surface area contributed by atoms with Crippen molar-refractivity contribution < 1.29 is 19.5 Å². The first-order valence-corrected chi connectivity index (χ1v) is 9.44. The van der Waals surface area contributed by atoms with Crippen molar-refractivity contribution in [1.82, 2.24) is 0 Å². The predicted octanol–water partition coefficient (Wildman–Crippen LogP) is 4.20. The molecule has 0 aliphatic heterocycles. The van der Waals surface area contributed by atoms with Gasteiger partial charge >= 0.3 is 5.79 Å². The molecule has 0 atom stereocenters. The van der Waals surface area contributed by atoms with Gasteiger partial charge in [-0.2, -0.15) is 0 Å². The average molecular weight is 431 g/mol. The van der Waals surface area contributed by atoms with Crippen molar-refractivity contribution in [3.05, 3.63) is 95.1 Å². The van der Waals surface area contributed by atoms with Gasteiger partial charge in [-0.15, -0.1) is 0 Å². The number of aryl methyl sites for hydroxylation is 1. The maximum Gasteiger partial charge on any atom is 0.732 e. The van der Waals surface area contributed by atoms with Gasteiger partial charge in [-0.25, -0.2) is 0 Å². The highest BCUT2D eigenvalue weighted by Gasteiger charge is 2.74. The van der Waals surface area contributed by atoms with Crippen LogP contribution in [0, 0.1) is 37.3 Å². The lowest BCUT2D eigenvalue weighted by Crippen LogP contribution is -2.50. The molecule has 0 amide bonds. The maximum atomic E-state index is 11.7. The van der Waals surface area contributed by atoms with E-state index in [1.54, 1.807) is 6.07 Å². The number of methoxy groups -OCH3 is 1. The minimum absolute atomic E-state index is 0.308. The molecule has 0 aliphatic carbocycles. The Bertz CT molecular complexity index is 994. The van der Waals surface area contributed by atoms with Crippen LogP contribution in [0.1, 0.15) is 49.9 Å². The van der Waals surface area contributed by atoms with E-state index >= 15 is 0 Å². The standard InChI is InChI=1S/C21H25N3O7/c1-14-7-9-15(10-8-14)19(2,3)20(4,5)16-11-12-18(31-6)17(13-16)21(22(25)26,23(27)28)24(29)30/h7-13H,1-6H3. The quantitative estimate of drug-likeness (QED) is 0.347. The van der Waals surface area contributed by atoms with Gasteiger partial charge in [0.1, 0.15) is 5.75 Å². The Morgan fingerprint density at radius 3 is 1.58 bits per heavy atom. The van der Waals surface area contributed by atoms with Gasteiger partial charge in [-0.1, -0.05) is 63.6 Å². The minimum atomic E-state index is -3.79. The average Bonchev–Trinajstić information content (AvgIpc) is 2.67. The summed E-state index contributed by atoms with van der Waals surface area (Å²) in [5, 5.41) is 35.0. The van der Waals surface area contributed by atoms with Crippen LogP contribution in [0.5, 0.6) is 5.75 Å². The number of ether oxygens (including phenoxy) is 1. The summed E-state index contributed by atoms with van der Waals surface area (Å²) < 4.78 is 5.04. The molecule has 0 saturated heterocycles. The van der Waals surface area contributed by atoms with Crippen LogP contribution in [0.15, 0.2) is 42.5 Å². The molecule has 10 heteroatoms. The van der Waals surface area contributed by atoms with E-state index < -0.39 is 37.0 Å². The number of benzene rings is 2. The van der Waals surface area contributed by atoms with Gasteiger partial charge in [0.15, 0.2) is 14.8 Å². The fourth-order valence-electron chi connectivity index (χ4n) is 3.55. The Hall–Kier alpha value is -3.56. The monoisotopic (exact) mass is 431 g/mol. The SMILES string of the molecule is COc1ccc(C(C)(C)C(C)(C)c2ccc(C)cc2)cc1C([N+](=O)[O-])([N+](=O)[O-])[N+](=O)[O-]. The lowest BCUT2D eigenvalue weighted by Gasteiger charge is -2.43. The summed E-state index contributed by atoms with van der Waals surface area (Å²) in [5.74, 6) is -4.09. The zero-order chi connectivity index (χ0) is 23.8. The highest BCUT2D eigenvalue weighted by atomic mass is 16.7. The van der Waals surface area contributed by atoms with Crippen molar-refractivity contribution in [1.29, 1.82) is 0 Å². The molecule has 2 rings (SSSR count). The molecule has 2 aromatic rings. The second kappa shape index (κ2) is 7.93. The normalized spacial score (nSPS) is 12.3. The van der Waals surface area contributed by atoms with Crippen LogP contribution in [0.25, 0.3) is 0 Å². The van der Waals surface area contributed by atoms with E-state index in [-0.39, 0.29) is 5.75 Å². The molecule has 0 N–H and O–H groups in total. The summed E-state index contributed by atoms with van der Waals surface area (Å²) in [5.41, 5.74) is 0.525. The molecule has 31 heavy (non-hydrogen) atoms. The smallest absolute Gasteiger partial charge is 0.496 e. The van der Waals surface area contributed by atoms with Crippen LogP contribution in [0.3, 0.4) is 0 Å². The molecule has 0 aromatic heterocycles. The van der Waals surface area contributed by atoms with E-state index in [1.165, 1.54) is 6.07 Å². The maximum absolute atomic E-state index is 11.7. The van der Waals surface area contributed by atoms with E-state index in [4.69, 9.17) is 4.74 Å². The van der Waals surface area contributed by atoms with E-state index in [1.807, 2.05) is 58.9 Å². The summed E-state index contributed by atoms with van der Waals surface area (Å²) >= 11 is 0. The molecule has 0 heterocycles. The van der Waals surface area contributed by atoms with Crippen molar-refractivity contribution in [2.24, 2.45) is 0 Å². The second-order valence-corrected chi connectivity index (χ2v) is 8.44. The number of nitro groups is 3. The van der Waals surface area contributed by atoms with E-state index in [0.717, 1.165) is 24.3 Å². The third kappa shape index (κ3) is 3.58. The molecule has 0 fully saturated rings. The van der Waals surface area contributed by atoms with Crippen LogP contribution < -0.4 is 4.74 Å². The Morgan fingerprint density at radius 1 is 0.742 bits per heavy atom. The van der Waals surface area contributed by atoms with Gasteiger partial charge < -0.3 is 4.74 Å². The molecule has 0 spiro atoms. The number of nitrogens with zero attached hydrogens (tertiary/aromatic N) is 3. The first kappa shape index (κ1) is 23.7. The summed E-state index contributed by atoms with van der Waals surface area (Å²) in [4.78, 5) is 30.4. The van der Waals surface area contributed by atoms with Crippen LogP contribution in [0.4, 0.5) is 0 Å². The third-order valence-electron chi connectivity index (χ3n) is 6.38. The Morgan fingerprint density at radius 2 is 1.16 bits per heavy atom. The lowest BCUT2D eigenvalue weighted by atomic mass is 9.61. The molecule has 0 aliphatic rings. The minimum Gasteiger partial charge on any atom is -0.496 e. The van der Waals surface area contributed by atoms with Gasteiger partial charge in [0.2, 0.25) is 5.56 Å². The summed E-state index contributed by atoms with van der Waals surface area (Å²) in [6.45, 7) is 9.67. The summed E-state index contributed by atoms with van der Waals surface area (Å²) in [6.07, 6.45) is 0. The molecule has 0 bridgehead atoms. The lowest BCUT2D eigenvalue weighted by molar-refractivity contribution is -0.986. The molecule has 0 radical (unpaired) electrons. The molecular formula is C21H25N3O7. The van der Waals surface area contributed by atoms with Crippen molar-refractivity contribution >= 4 is 0 Å². The van der Waals surface area contributed by atoms with Crippen LogP contribution in [-0.2, 0) is 16.6 Å². The molecule has 166 valence electrons. The highest BCUT2D eigenvalue weighted by Crippen LogP contribution is 2.46. The van der Waals surface area contributed by atoms with Crippen molar-refractivity contribution in [3.8, 4) is 5.75 Å². The van der Waals surface area contributed by atoms with Gasteiger partial charge in [0, 0.05) is 0 Å². The Labute approximate surface area is 179 Å². The zero-order valence-electron chi connectivity index (χ0n) is 18.2. The number of hydrogen-bond donors (Lipinski definition) is 0. The van der Waals surface area contributed by atoms with Crippen molar-refractivity contribution in [2.45, 2.75) is 51.2 Å². The first-order chi connectivity index (χ1) is 14.2. The summed E-state index contributed by atoms with van der Waals surface area (Å²) in [7, 11) is 1.14. The van der Waals surface area contributed by atoms with Crippen molar-refractivity contribution in [3.63, 3.8) is 0 Å². The molecule has 0 saturated carbocycles. The predicted molar refractivity (Wildman–Crippen MR) is 113 cm³/mol. The topological polar surface area (TPSA) is 139 Å². The molecule has 10 nitrogen and oxygen atoms in total. The zero-order valence-corrected chi connectivity index (χ0v) is 18.2. The van der Waals surface area contributed by atoms with E-state index in [0.29, 0.717) is 5.56 Å². The fourth-order valence-corrected chi connectivity index (χ4v) is 3.55. The highest BCUT2D eigenvalue weighted by molar-refractivity contribution is 5.45. The number of hydrogen-bond acceptors (Lipinski definition) is 7. The van der Waals surface area contributed by atoms with Crippen molar-refractivity contribution in [2.75, 3.05) is 7.11 Å². The van der Waals surface area contributed by atoms with Crippen LogP contribution >= 0.6 is 0 Å².